The van der Waals surface area contributed by atoms with Crippen LogP contribution in [0, 0.1) is 0 Å². The Morgan fingerprint density at radius 1 is 1.22 bits per heavy atom. The largest absolute Gasteiger partial charge is 0.508 e. The van der Waals surface area contributed by atoms with Crippen molar-refractivity contribution in [3.8, 4) is 11.6 Å². The molecular weight excluding hydrogens is 230 g/mol. The molecule has 0 fully saturated rings. The number of hydrogen-bond acceptors (Lipinski definition) is 5. The smallest absolute Gasteiger partial charge is 0.218 e. The van der Waals surface area contributed by atoms with Crippen molar-refractivity contribution in [2.75, 3.05) is 19.0 Å². The summed E-state index contributed by atoms with van der Waals surface area (Å²) < 4.78 is 5.01. The summed E-state index contributed by atoms with van der Waals surface area (Å²) in [6.45, 7) is 0.755. The van der Waals surface area contributed by atoms with Gasteiger partial charge >= 0.3 is 0 Å². The molecule has 0 aliphatic heterocycles. The van der Waals surface area contributed by atoms with Gasteiger partial charge in [-0.05, 0) is 24.1 Å². The van der Waals surface area contributed by atoms with Crippen LogP contribution >= 0.6 is 0 Å². The predicted molar refractivity (Wildman–Crippen MR) is 68.9 cm³/mol. The molecule has 0 atom stereocenters. The number of methoxy groups -OCH3 is 1. The highest BCUT2D eigenvalue weighted by atomic mass is 16.5. The summed E-state index contributed by atoms with van der Waals surface area (Å²) >= 11 is 0. The molecule has 0 saturated carbocycles. The fourth-order valence-corrected chi connectivity index (χ4v) is 1.55. The molecule has 0 amide bonds. The van der Waals surface area contributed by atoms with Crippen molar-refractivity contribution < 1.29 is 9.84 Å². The van der Waals surface area contributed by atoms with Gasteiger partial charge in [0.2, 0.25) is 5.88 Å². The number of aromatic hydroxyl groups is 1. The first kappa shape index (κ1) is 12.2. The third-order valence-electron chi connectivity index (χ3n) is 2.51. The van der Waals surface area contributed by atoms with Crippen molar-refractivity contribution >= 4 is 5.82 Å². The number of benzene rings is 1. The molecule has 0 aliphatic rings. The van der Waals surface area contributed by atoms with Gasteiger partial charge in [-0.25, -0.2) is 9.97 Å². The molecule has 94 valence electrons. The lowest BCUT2D eigenvalue weighted by molar-refractivity contribution is 0.397. The lowest BCUT2D eigenvalue weighted by Gasteiger charge is -2.06. The minimum absolute atomic E-state index is 0.284. The number of aromatic nitrogens is 2. The summed E-state index contributed by atoms with van der Waals surface area (Å²) in [7, 11) is 1.57. The highest BCUT2D eigenvalue weighted by Crippen LogP contribution is 2.12. The second-order valence-corrected chi connectivity index (χ2v) is 3.79. The van der Waals surface area contributed by atoms with Crippen LogP contribution in [-0.2, 0) is 6.42 Å². The van der Waals surface area contributed by atoms with Crippen molar-refractivity contribution in [3.63, 3.8) is 0 Å². The van der Waals surface area contributed by atoms with Gasteiger partial charge in [-0.2, -0.15) is 0 Å². The number of ether oxygens (including phenoxy) is 1. The van der Waals surface area contributed by atoms with E-state index in [4.69, 9.17) is 4.74 Å². The Kier molecular flexibility index (Phi) is 3.96. The molecule has 2 N–H and O–H groups in total. The Morgan fingerprint density at radius 2 is 2.00 bits per heavy atom. The minimum Gasteiger partial charge on any atom is -0.508 e. The quantitative estimate of drug-likeness (QED) is 0.841. The van der Waals surface area contributed by atoms with E-state index in [-0.39, 0.29) is 5.75 Å². The zero-order valence-electron chi connectivity index (χ0n) is 10.1. The number of nitrogens with one attached hydrogen (secondary N) is 1. The van der Waals surface area contributed by atoms with E-state index in [0.29, 0.717) is 5.88 Å². The van der Waals surface area contributed by atoms with Gasteiger partial charge in [0.1, 0.15) is 17.9 Å². The molecule has 2 aromatic rings. The molecule has 0 spiro atoms. The van der Waals surface area contributed by atoms with Crippen LogP contribution in [0.5, 0.6) is 11.6 Å². The third-order valence-corrected chi connectivity index (χ3v) is 2.51. The standard InChI is InChI=1S/C13H15N3O2/c1-18-13-8-12(15-9-16-13)14-7-6-10-2-4-11(17)5-3-10/h2-5,8-9,17H,6-7H2,1H3,(H,14,15,16). The zero-order valence-corrected chi connectivity index (χ0v) is 10.1. The molecule has 1 heterocycles. The molecule has 0 saturated heterocycles. The van der Waals surface area contributed by atoms with Gasteiger partial charge < -0.3 is 15.2 Å². The van der Waals surface area contributed by atoms with E-state index in [1.807, 2.05) is 12.1 Å². The Balaban J connectivity index is 1.86. The maximum absolute atomic E-state index is 9.17. The molecule has 5 nitrogen and oxygen atoms in total. The number of nitrogens with zero attached hydrogens (tertiary/aromatic N) is 2. The number of phenols is 1. The summed E-state index contributed by atoms with van der Waals surface area (Å²) in [6, 6.07) is 8.91. The van der Waals surface area contributed by atoms with Gasteiger partial charge in [-0.3, -0.25) is 0 Å². The van der Waals surface area contributed by atoms with E-state index >= 15 is 0 Å². The van der Waals surface area contributed by atoms with Crippen LogP contribution in [0.3, 0.4) is 0 Å². The van der Waals surface area contributed by atoms with Gasteiger partial charge in [0.15, 0.2) is 0 Å². The zero-order chi connectivity index (χ0) is 12.8. The second-order valence-electron chi connectivity index (χ2n) is 3.79. The van der Waals surface area contributed by atoms with Gasteiger partial charge in [0, 0.05) is 12.6 Å². The average Bonchev–Trinajstić information content (AvgIpc) is 2.41. The topological polar surface area (TPSA) is 67.3 Å². The number of phenolic OH excluding ortho intramolecular Hbond substituents is 1. The first-order chi connectivity index (χ1) is 8.78. The van der Waals surface area contributed by atoms with Gasteiger partial charge in [-0.1, -0.05) is 12.1 Å². The van der Waals surface area contributed by atoms with E-state index in [2.05, 4.69) is 15.3 Å². The summed E-state index contributed by atoms with van der Waals surface area (Å²) in [5.74, 6) is 1.56. The molecule has 0 bridgehead atoms. The Hall–Kier alpha value is -2.30. The third kappa shape index (κ3) is 3.35. The highest BCUT2D eigenvalue weighted by molar-refractivity contribution is 5.37. The lowest BCUT2D eigenvalue weighted by Crippen LogP contribution is -2.06. The Bertz CT molecular complexity index is 500. The maximum atomic E-state index is 9.17. The van der Waals surface area contributed by atoms with Crippen molar-refractivity contribution in [1.29, 1.82) is 0 Å². The second kappa shape index (κ2) is 5.86. The van der Waals surface area contributed by atoms with Gasteiger partial charge in [0.25, 0.3) is 0 Å². The molecule has 0 unspecified atom stereocenters. The van der Waals surface area contributed by atoms with E-state index in [0.717, 1.165) is 24.3 Å². The van der Waals surface area contributed by atoms with Crippen LogP contribution in [0.4, 0.5) is 5.82 Å². The number of anilines is 1. The predicted octanol–water partition coefficient (Wildman–Crippen LogP) is 1.85. The van der Waals surface area contributed by atoms with Crippen LogP contribution in [-0.4, -0.2) is 28.7 Å². The van der Waals surface area contributed by atoms with Crippen LogP contribution in [0.1, 0.15) is 5.56 Å². The molecule has 0 aliphatic carbocycles. The van der Waals surface area contributed by atoms with Crippen LogP contribution in [0.15, 0.2) is 36.7 Å². The van der Waals surface area contributed by atoms with E-state index in [9.17, 15) is 5.11 Å². The van der Waals surface area contributed by atoms with E-state index in [1.165, 1.54) is 6.33 Å². The summed E-state index contributed by atoms with van der Waals surface area (Å²) in [5.41, 5.74) is 1.15. The van der Waals surface area contributed by atoms with Crippen LogP contribution in [0.2, 0.25) is 0 Å². The first-order valence-electron chi connectivity index (χ1n) is 5.66. The minimum atomic E-state index is 0.284. The van der Waals surface area contributed by atoms with E-state index in [1.54, 1.807) is 25.3 Å². The fourth-order valence-electron chi connectivity index (χ4n) is 1.55. The molecular formula is C13H15N3O2. The van der Waals surface area contributed by atoms with Crippen LogP contribution in [0.25, 0.3) is 0 Å². The SMILES string of the molecule is COc1cc(NCCc2ccc(O)cc2)ncn1. The fraction of sp³-hybridized carbons (Fsp3) is 0.231. The Labute approximate surface area is 105 Å². The van der Waals surface area contributed by atoms with Crippen molar-refractivity contribution in [1.82, 2.24) is 9.97 Å². The summed E-state index contributed by atoms with van der Waals surface area (Å²) in [4.78, 5) is 8.02. The molecule has 5 heteroatoms. The summed E-state index contributed by atoms with van der Waals surface area (Å²) in [5, 5.41) is 12.4. The van der Waals surface area contributed by atoms with Crippen molar-refractivity contribution in [3.05, 3.63) is 42.2 Å². The van der Waals surface area contributed by atoms with Crippen molar-refractivity contribution in [2.45, 2.75) is 6.42 Å². The molecule has 1 aromatic carbocycles. The van der Waals surface area contributed by atoms with Crippen molar-refractivity contribution in [2.24, 2.45) is 0 Å². The van der Waals surface area contributed by atoms with E-state index < -0.39 is 0 Å². The maximum Gasteiger partial charge on any atom is 0.218 e. The van der Waals surface area contributed by atoms with Crippen LogP contribution < -0.4 is 10.1 Å². The van der Waals surface area contributed by atoms with Gasteiger partial charge in [-0.15, -0.1) is 0 Å². The summed E-state index contributed by atoms with van der Waals surface area (Å²) in [6.07, 6.45) is 2.31. The number of hydrogen-bond donors (Lipinski definition) is 2. The monoisotopic (exact) mass is 245 g/mol. The average molecular weight is 245 g/mol. The first-order valence-corrected chi connectivity index (χ1v) is 5.66. The van der Waals surface area contributed by atoms with Gasteiger partial charge in [0.05, 0.1) is 7.11 Å². The molecule has 1 aromatic heterocycles. The normalized spacial score (nSPS) is 10.1. The Morgan fingerprint density at radius 3 is 2.72 bits per heavy atom. The molecule has 18 heavy (non-hydrogen) atoms. The molecule has 0 radical (unpaired) electrons. The number of rotatable bonds is 5. The lowest BCUT2D eigenvalue weighted by atomic mass is 10.1. The highest BCUT2D eigenvalue weighted by Gasteiger charge is 1.98. The molecule has 2 rings (SSSR count).